The van der Waals surface area contributed by atoms with Crippen LogP contribution in [-0.2, 0) is 9.53 Å². The van der Waals surface area contributed by atoms with Crippen molar-refractivity contribution in [2.75, 3.05) is 12.9 Å². The van der Waals surface area contributed by atoms with Gasteiger partial charge in [-0.3, -0.25) is 9.78 Å². The highest BCUT2D eigenvalue weighted by molar-refractivity contribution is 7.99. The molecular weight excluding hydrogens is 254 g/mol. The third-order valence-electron chi connectivity index (χ3n) is 2.09. The molecule has 18 heavy (non-hydrogen) atoms. The van der Waals surface area contributed by atoms with E-state index in [1.165, 1.54) is 18.9 Å². The molecule has 0 fully saturated rings. The van der Waals surface area contributed by atoms with Crippen molar-refractivity contribution < 1.29 is 13.9 Å². The number of methoxy groups -OCH3 is 1. The minimum absolute atomic E-state index is 0.253. The summed E-state index contributed by atoms with van der Waals surface area (Å²) < 4.78 is 9.98. The number of carbonyl (C=O) groups excluding carboxylic acids is 1. The van der Waals surface area contributed by atoms with Gasteiger partial charge in [0.25, 0.3) is 5.22 Å². The van der Waals surface area contributed by atoms with Gasteiger partial charge in [0.1, 0.15) is 0 Å². The van der Waals surface area contributed by atoms with Crippen LogP contribution in [0.5, 0.6) is 0 Å². The maximum atomic E-state index is 10.9. The fraction of sp³-hybridized carbons (Fsp3) is 0.273. The number of carbonyl (C=O) groups is 1. The molecule has 0 radical (unpaired) electrons. The maximum absolute atomic E-state index is 10.9. The van der Waals surface area contributed by atoms with Crippen LogP contribution in [0.2, 0.25) is 0 Å². The molecule has 0 aliphatic carbocycles. The van der Waals surface area contributed by atoms with Crippen LogP contribution in [0.4, 0.5) is 0 Å². The van der Waals surface area contributed by atoms with E-state index in [1.807, 2.05) is 0 Å². The summed E-state index contributed by atoms with van der Waals surface area (Å²) in [5.74, 6) is 0.735. The minimum atomic E-state index is -0.253. The molecule has 6 nitrogen and oxygen atoms in total. The van der Waals surface area contributed by atoms with Crippen molar-refractivity contribution in [3.8, 4) is 11.5 Å². The zero-order valence-corrected chi connectivity index (χ0v) is 10.5. The van der Waals surface area contributed by atoms with Gasteiger partial charge in [-0.1, -0.05) is 11.8 Å². The molecule has 0 aliphatic heterocycles. The van der Waals surface area contributed by atoms with Gasteiger partial charge in [-0.05, 0) is 12.1 Å². The van der Waals surface area contributed by atoms with E-state index in [0.29, 0.717) is 23.3 Å². The number of rotatable bonds is 5. The highest BCUT2D eigenvalue weighted by Gasteiger charge is 2.09. The van der Waals surface area contributed by atoms with Crippen LogP contribution in [0.25, 0.3) is 11.5 Å². The summed E-state index contributed by atoms with van der Waals surface area (Å²) in [5, 5.41) is 8.25. The standard InChI is InChI=1S/C11H11N3O3S/c1-16-9(15)4-7-18-11-14-13-10(17-11)8-2-5-12-6-3-8/h2-3,5-6H,4,7H2,1H3. The molecule has 2 aromatic heterocycles. The molecule has 0 spiro atoms. The molecule has 0 saturated heterocycles. The number of hydrogen-bond acceptors (Lipinski definition) is 7. The Hall–Kier alpha value is -1.89. The summed E-state index contributed by atoms with van der Waals surface area (Å²) in [7, 11) is 1.36. The van der Waals surface area contributed by atoms with E-state index in [1.54, 1.807) is 24.5 Å². The summed E-state index contributed by atoms with van der Waals surface area (Å²) >= 11 is 1.32. The topological polar surface area (TPSA) is 78.1 Å². The van der Waals surface area contributed by atoms with E-state index in [0.717, 1.165) is 5.56 Å². The number of esters is 1. The number of nitrogens with zero attached hydrogens (tertiary/aromatic N) is 3. The van der Waals surface area contributed by atoms with Crippen molar-refractivity contribution >= 4 is 17.7 Å². The molecule has 2 heterocycles. The number of aromatic nitrogens is 3. The Balaban J connectivity index is 1.93. The predicted octanol–water partition coefficient (Wildman–Crippen LogP) is 1.79. The second kappa shape index (κ2) is 6.15. The smallest absolute Gasteiger partial charge is 0.306 e. The van der Waals surface area contributed by atoms with E-state index in [-0.39, 0.29) is 5.97 Å². The first kappa shape index (κ1) is 12.6. The van der Waals surface area contributed by atoms with Gasteiger partial charge in [0, 0.05) is 23.7 Å². The van der Waals surface area contributed by atoms with Gasteiger partial charge in [0.2, 0.25) is 5.89 Å². The number of thioether (sulfide) groups is 1. The molecule has 7 heteroatoms. The molecule has 2 rings (SSSR count). The molecule has 0 bridgehead atoms. The van der Waals surface area contributed by atoms with Gasteiger partial charge < -0.3 is 9.15 Å². The SMILES string of the molecule is COC(=O)CCSc1nnc(-c2ccncc2)o1. The quantitative estimate of drug-likeness (QED) is 0.602. The summed E-state index contributed by atoms with van der Waals surface area (Å²) in [5.41, 5.74) is 0.817. The summed E-state index contributed by atoms with van der Waals surface area (Å²) in [6, 6.07) is 3.58. The fourth-order valence-corrected chi connectivity index (χ4v) is 1.88. The lowest BCUT2D eigenvalue weighted by molar-refractivity contribution is -0.140. The van der Waals surface area contributed by atoms with Gasteiger partial charge >= 0.3 is 5.97 Å². The minimum Gasteiger partial charge on any atom is -0.469 e. The van der Waals surface area contributed by atoms with Crippen LogP contribution in [0.15, 0.2) is 34.2 Å². The van der Waals surface area contributed by atoms with Crippen molar-refractivity contribution in [1.29, 1.82) is 0 Å². The zero-order chi connectivity index (χ0) is 12.8. The first-order valence-electron chi connectivity index (χ1n) is 5.23. The Morgan fingerprint density at radius 2 is 2.17 bits per heavy atom. The highest BCUT2D eigenvalue weighted by atomic mass is 32.2. The highest BCUT2D eigenvalue weighted by Crippen LogP contribution is 2.22. The van der Waals surface area contributed by atoms with Crippen LogP contribution < -0.4 is 0 Å². The molecule has 0 saturated carbocycles. The Labute approximate surface area is 108 Å². The summed E-state index contributed by atoms with van der Waals surface area (Å²) in [4.78, 5) is 14.8. The average molecular weight is 265 g/mol. The second-order valence-electron chi connectivity index (χ2n) is 3.28. The Morgan fingerprint density at radius 3 is 2.89 bits per heavy atom. The van der Waals surface area contributed by atoms with Crippen LogP contribution in [0.3, 0.4) is 0 Å². The number of ether oxygens (including phenoxy) is 1. The van der Waals surface area contributed by atoms with Crippen LogP contribution in [-0.4, -0.2) is 34.0 Å². The molecule has 0 unspecified atom stereocenters. The van der Waals surface area contributed by atoms with Crippen molar-refractivity contribution in [2.24, 2.45) is 0 Å². The first-order chi connectivity index (χ1) is 8.79. The van der Waals surface area contributed by atoms with Crippen molar-refractivity contribution in [3.05, 3.63) is 24.5 Å². The number of hydrogen-bond donors (Lipinski definition) is 0. The van der Waals surface area contributed by atoms with Crippen molar-refractivity contribution in [2.45, 2.75) is 11.6 Å². The van der Waals surface area contributed by atoms with Gasteiger partial charge in [-0.15, -0.1) is 10.2 Å². The van der Waals surface area contributed by atoms with Crippen LogP contribution >= 0.6 is 11.8 Å². The van der Waals surface area contributed by atoms with Crippen LogP contribution in [0.1, 0.15) is 6.42 Å². The largest absolute Gasteiger partial charge is 0.469 e. The van der Waals surface area contributed by atoms with Gasteiger partial charge in [0.15, 0.2) is 0 Å². The van der Waals surface area contributed by atoms with E-state index < -0.39 is 0 Å². The lowest BCUT2D eigenvalue weighted by Gasteiger charge is -1.96. The molecular formula is C11H11N3O3S. The fourth-order valence-electron chi connectivity index (χ4n) is 1.20. The summed E-state index contributed by atoms with van der Waals surface area (Å²) in [6.07, 6.45) is 3.63. The van der Waals surface area contributed by atoms with Gasteiger partial charge in [0.05, 0.1) is 13.5 Å². The second-order valence-corrected chi connectivity index (χ2v) is 4.33. The van der Waals surface area contributed by atoms with Crippen molar-refractivity contribution in [1.82, 2.24) is 15.2 Å². The third kappa shape index (κ3) is 3.30. The van der Waals surface area contributed by atoms with E-state index >= 15 is 0 Å². The molecule has 94 valence electrons. The Kier molecular flexibility index (Phi) is 4.30. The van der Waals surface area contributed by atoms with E-state index in [4.69, 9.17) is 4.42 Å². The van der Waals surface area contributed by atoms with E-state index in [9.17, 15) is 4.79 Å². The predicted molar refractivity (Wildman–Crippen MR) is 64.9 cm³/mol. The normalized spacial score (nSPS) is 10.3. The lowest BCUT2D eigenvalue weighted by atomic mass is 10.3. The lowest BCUT2D eigenvalue weighted by Crippen LogP contribution is -2.00. The molecule has 0 N–H and O–H groups in total. The molecule has 0 aromatic carbocycles. The molecule has 0 aliphatic rings. The van der Waals surface area contributed by atoms with Gasteiger partial charge in [-0.25, -0.2) is 0 Å². The zero-order valence-electron chi connectivity index (χ0n) is 9.70. The summed E-state index contributed by atoms with van der Waals surface area (Å²) in [6.45, 7) is 0. The molecule has 0 amide bonds. The monoisotopic (exact) mass is 265 g/mol. The third-order valence-corrected chi connectivity index (χ3v) is 2.91. The Morgan fingerprint density at radius 1 is 1.39 bits per heavy atom. The maximum Gasteiger partial charge on any atom is 0.306 e. The first-order valence-corrected chi connectivity index (χ1v) is 6.21. The molecule has 0 atom stereocenters. The van der Waals surface area contributed by atoms with Gasteiger partial charge in [-0.2, -0.15) is 0 Å². The number of pyridine rings is 1. The van der Waals surface area contributed by atoms with Crippen molar-refractivity contribution in [3.63, 3.8) is 0 Å². The molecule has 2 aromatic rings. The van der Waals surface area contributed by atoms with Crippen LogP contribution in [0, 0.1) is 0 Å². The average Bonchev–Trinajstić information content (AvgIpc) is 2.88. The van der Waals surface area contributed by atoms with E-state index in [2.05, 4.69) is 19.9 Å². The Bertz CT molecular complexity index is 515.